The van der Waals surface area contributed by atoms with Crippen molar-refractivity contribution in [1.82, 2.24) is 10.3 Å². The third-order valence-corrected chi connectivity index (χ3v) is 6.81. The van der Waals surface area contributed by atoms with E-state index < -0.39 is 22.0 Å². The fraction of sp³-hybridized carbons (Fsp3) is 0.115. The van der Waals surface area contributed by atoms with E-state index in [1.54, 1.807) is 60.8 Å². The molecule has 3 N–H and O–H groups in total. The van der Waals surface area contributed by atoms with Gasteiger partial charge in [-0.25, -0.2) is 13.2 Å². The van der Waals surface area contributed by atoms with E-state index in [4.69, 9.17) is 16.6 Å². The van der Waals surface area contributed by atoms with Gasteiger partial charge in [0, 0.05) is 23.1 Å². The summed E-state index contributed by atoms with van der Waals surface area (Å²) >= 11 is 5.71. The van der Waals surface area contributed by atoms with Gasteiger partial charge in [0.2, 0.25) is 10.0 Å². The molecule has 2 aromatic heterocycles. The third kappa shape index (κ3) is 5.04. The summed E-state index contributed by atoms with van der Waals surface area (Å²) in [6, 6.07) is 21.8. The number of carbonyl (C=O) groups is 1. The van der Waals surface area contributed by atoms with Crippen molar-refractivity contribution < 1.29 is 22.7 Å². The molecule has 9 nitrogen and oxygen atoms in total. The highest BCUT2D eigenvalue weighted by atomic mass is 32.2. The van der Waals surface area contributed by atoms with E-state index in [1.165, 1.54) is 6.07 Å². The number of rotatable bonds is 7. The van der Waals surface area contributed by atoms with E-state index >= 15 is 0 Å². The van der Waals surface area contributed by atoms with Gasteiger partial charge in [-0.1, -0.05) is 24.3 Å². The molecule has 2 atom stereocenters. The molecule has 0 amide bonds. The second-order valence-electron chi connectivity index (χ2n) is 8.47. The molecule has 4 aromatic rings. The van der Waals surface area contributed by atoms with Crippen LogP contribution in [0.25, 0.3) is 11.3 Å². The van der Waals surface area contributed by atoms with Crippen LogP contribution in [-0.4, -0.2) is 35.8 Å². The molecule has 37 heavy (non-hydrogen) atoms. The molecule has 1 aliphatic heterocycles. The number of aromatic nitrogens is 1. The zero-order chi connectivity index (χ0) is 26.2. The maximum absolute atomic E-state index is 11.8. The second-order valence-corrected chi connectivity index (χ2v) is 10.6. The maximum atomic E-state index is 11.8. The Morgan fingerprint density at radius 1 is 1.05 bits per heavy atom. The Bertz CT molecular complexity index is 1570. The quantitative estimate of drug-likeness (QED) is 0.292. The van der Waals surface area contributed by atoms with Gasteiger partial charge in [0.15, 0.2) is 5.11 Å². The summed E-state index contributed by atoms with van der Waals surface area (Å²) < 4.78 is 31.9. The topological polar surface area (TPSA) is 125 Å². The fourth-order valence-electron chi connectivity index (χ4n) is 4.37. The van der Waals surface area contributed by atoms with Gasteiger partial charge in [-0.3, -0.25) is 9.71 Å². The van der Waals surface area contributed by atoms with Crippen molar-refractivity contribution in [2.24, 2.45) is 0 Å². The molecule has 1 fully saturated rings. The number of sulfonamides is 1. The first-order valence-electron chi connectivity index (χ1n) is 11.2. The van der Waals surface area contributed by atoms with E-state index in [0.717, 1.165) is 11.9 Å². The van der Waals surface area contributed by atoms with Crippen molar-refractivity contribution in [1.29, 1.82) is 0 Å². The Hall–Kier alpha value is -4.22. The summed E-state index contributed by atoms with van der Waals surface area (Å²) in [7, 11) is -3.42. The van der Waals surface area contributed by atoms with Gasteiger partial charge >= 0.3 is 5.97 Å². The smallest absolute Gasteiger partial charge is 0.336 e. The molecule has 188 valence electrons. The maximum Gasteiger partial charge on any atom is 0.336 e. The summed E-state index contributed by atoms with van der Waals surface area (Å²) in [6.07, 6.45) is 2.78. The van der Waals surface area contributed by atoms with Crippen LogP contribution in [-0.2, 0) is 10.0 Å². The van der Waals surface area contributed by atoms with Crippen LogP contribution in [0.4, 0.5) is 11.4 Å². The Morgan fingerprint density at radius 3 is 2.46 bits per heavy atom. The van der Waals surface area contributed by atoms with Crippen molar-refractivity contribution in [2.45, 2.75) is 12.1 Å². The first-order chi connectivity index (χ1) is 17.7. The van der Waals surface area contributed by atoms with Crippen LogP contribution in [0.3, 0.4) is 0 Å². The molecule has 1 aliphatic rings. The van der Waals surface area contributed by atoms with E-state index in [0.29, 0.717) is 33.6 Å². The molecule has 0 radical (unpaired) electrons. The molecule has 0 saturated carbocycles. The van der Waals surface area contributed by atoms with Gasteiger partial charge in [-0.2, -0.15) is 0 Å². The number of nitrogens with zero attached hydrogens (tertiary/aromatic N) is 2. The molecule has 11 heteroatoms. The molecule has 0 bridgehead atoms. The van der Waals surface area contributed by atoms with Crippen molar-refractivity contribution in [3.8, 4) is 11.3 Å². The molecule has 5 rings (SSSR count). The van der Waals surface area contributed by atoms with Crippen molar-refractivity contribution >= 4 is 44.7 Å². The first-order valence-corrected chi connectivity index (χ1v) is 13.5. The van der Waals surface area contributed by atoms with Crippen LogP contribution >= 0.6 is 12.2 Å². The minimum Gasteiger partial charge on any atom is -0.478 e. The largest absolute Gasteiger partial charge is 0.478 e. The highest BCUT2D eigenvalue weighted by Gasteiger charge is 2.42. The van der Waals surface area contributed by atoms with Gasteiger partial charge in [-0.15, -0.1) is 0 Å². The first kappa shape index (κ1) is 24.5. The van der Waals surface area contributed by atoms with E-state index in [1.807, 2.05) is 23.1 Å². The highest BCUT2D eigenvalue weighted by Crippen LogP contribution is 2.43. The predicted molar refractivity (Wildman–Crippen MR) is 144 cm³/mol. The number of pyridine rings is 1. The van der Waals surface area contributed by atoms with E-state index in [-0.39, 0.29) is 11.6 Å². The number of carboxylic acids is 1. The minimum atomic E-state index is -3.42. The van der Waals surface area contributed by atoms with Crippen molar-refractivity contribution in [3.63, 3.8) is 0 Å². The number of aromatic carboxylic acids is 1. The molecular weight excluding hydrogens is 512 g/mol. The van der Waals surface area contributed by atoms with Gasteiger partial charge < -0.3 is 19.7 Å². The van der Waals surface area contributed by atoms with Crippen molar-refractivity contribution in [3.05, 3.63) is 102 Å². The highest BCUT2D eigenvalue weighted by molar-refractivity contribution is 7.92. The van der Waals surface area contributed by atoms with Crippen LogP contribution in [0.5, 0.6) is 0 Å². The summed E-state index contributed by atoms with van der Waals surface area (Å²) in [5.41, 5.74) is 2.48. The van der Waals surface area contributed by atoms with Crippen molar-refractivity contribution in [2.75, 3.05) is 15.9 Å². The Balaban J connectivity index is 1.57. The summed E-state index contributed by atoms with van der Waals surface area (Å²) in [6.45, 7) is 0. The van der Waals surface area contributed by atoms with Crippen LogP contribution in [0, 0.1) is 0 Å². The number of nitrogens with one attached hydrogen (secondary N) is 2. The lowest BCUT2D eigenvalue weighted by Gasteiger charge is -2.26. The number of hydrogen-bond acceptors (Lipinski definition) is 6. The minimum absolute atomic E-state index is 0.135. The number of hydrogen-bond donors (Lipinski definition) is 3. The Labute approximate surface area is 218 Å². The lowest BCUT2D eigenvalue weighted by atomic mass is 10.0. The molecular formula is C26H22N4O5S2. The predicted octanol–water partition coefficient (Wildman–Crippen LogP) is 4.59. The fourth-order valence-corrected chi connectivity index (χ4v) is 5.28. The summed E-state index contributed by atoms with van der Waals surface area (Å²) in [5, 5.41) is 13.4. The molecule has 2 aromatic carbocycles. The van der Waals surface area contributed by atoms with Gasteiger partial charge in [0.05, 0.1) is 23.6 Å². The van der Waals surface area contributed by atoms with Gasteiger partial charge in [0.25, 0.3) is 0 Å². The Kier molecular flexibility index (Phi) is 6.40. The second kappa shape index (κ2) is 9.68. The van der Waals surface area contributed by atoms with Crippen LogP contribution < -0.4 is 14.9 Å². The number of carboxylic acid groups (broad SMARTS) is 1. The molecule has 0 spiro atoms. The normalized spacial score (nSPS) is 17.4. The van der Waals surface area contributed by atoms with Crippen LogP contribution in [0.2, 0.25) is 0 Å². The Morgan fingerprint density at radius 2 is 1.78 bits per heavy atom. The summed E-state index contributed by atoms with van der Waals surface area (Å²) in [5.74, 6) is -0.0807. The number of anilines is 2. The standard InChI is InChI=1S/C26H22N4O5S2/c1-37(33,34)29-16-9-11-17(12-10-16)30-24(23(28-26(30)36)20-8-4-5-15-27-20)22-14-13-21(35-22)18-6-2-3-7-19(18)25(31)32/h2-15,23-24,29H,1H3,(H,28,36)(H,31,32). The number of thiocarbonyl (C=S) groups is 1. The zero-order valence-corrected chi connectivity index (χ0v) is 21.2. The average Bonchev–Trinajstić information content (AvgIpc) is 3.49. The molecule has 0 aliphatic carbocycles. The number of benzene rings is 2. The average molecular weight is 535 g/mol. The van der Waals surface area contributed by atoms with Crippen LogP contribution in [0.15, 0.2) is 89.5 Å². The lowest BCUT2D eigenvalue weighted by molar-refractivity contribution is 0.0697. The molecule has 1 saturated heterocycles. The molecule has 2 unspecified atom stereocenters. The monoisotopic (exact) mass is 534 g/mol. The zero-order valence-electron chi connectivity index (χ0n) is 19.5. The van der Waals surface area contributed by atoms with Gasteiger partial charge in [-0.05, 0) is 66.8 Å². The lowest BCUT2D eigenvalue weighted by Crippen LogP contribution is -2.29. The SMILES string of the molecule is CS(=O)(=O)Nc1ccc(N2C(=S)NC(c3ccccn3)C2c2ccc(-c3ccccc3C(=O)O)o2)cc1. The molecule has 3 heterocycles. The van der Waals surface area contributed by atoms with E-state index in [9.17, 15) is 18.3 Å². The summed E-state index contributed by atoms with van der Waals surface area (Å²) in [4.78, 5) is 18.2. The van der Waals surface area contributed by atoms with Gasteiger partial charge in [0.1, 0.15) is 17.6 Å². The van der Waals surface area contributed by atoms with Crippen LogP contribution in [0.1, 0.15) is 33.9 Å². The third-order valence-electron chi connectivity index (χ3n) is 5.89. The number of furan rings is 1. The van der Waals surface area contributed by atoms with E-state index in [2.05, 4.69) is 15.0 Å².